The Morgan fingerprint density at radius 2 is 2.35 bits per heavy atom. The van der Waals surface area contributed by atoms with Crippen LogP contribution in [-0.4, -0.2) is 37.4 Å². The molecule has 0 aromatic heterocycles. The molecule has 17 heavy (non-hydrogen) atoms. The first-order chi connectivity index (χ1) is 8.29. The van der Waals surface area contributed by atoms with Gasteiger partial charge in [-0.3, -0.25) is 0 Å². The topological polar surface area (TPSA) is 35.5 Å². The maximum atomic E-state index is 8.82. The Morgan fingerprint density at radius 1 is 1.47 bits per heavy atom. The van der Waals surface area contributed by atoms with E-state index in [9.17, 15) is 0 Å². The summed E-state index contributed by atoms with van der Waals surface area (Å²) in [5.41, 5.74) is 1.19. The molecule has 2 rings (SSSR count). The molecule has 0 spiro atoms. The Balaban J connectivity index is 1.97. The first kappa shape index (κ1) is 12.7. The van der Waals surface area contributed by atoms with Crippen molar-refractivity contribution in [3.05, 3.63) is 29.3 Å². The number of rotatable bonds is 4. The quantitative estimate of drug-likeness (QED) is 0.862. The summed E-state index contributed by atoms with van der Waals surface area (Å²) in [4.78, 5) is 2.35. The maximum absolute atomic E-state index is 8.82. The first-order valence-electron chi connectivity index (χ1n) is 6.14. The van der Waals surface area contributed by atoms with Gasteiger partial charge in [0.05, 0.1) is 6.61 Å². The van der Waals surface area contributed by atoms with E-state index in [-0.39, 0.29) is 6.61 Å². The van der Waals surface area contributed by atoms with Crippen molar-refractivity contribution in [2.24, 2.45) is 0 Å². The number of hydrogen-bond donors (Lipinski definition) is 2. The number of benzene rings is 1. The number of aliphatic hydroxyl groups excluding tert-OH is 1. The molecule has 0 bridgehead atoms. The summed E-state index contributed by atoms with van der Waals surface area (Å²) in [5, 5.41) is 13.0. The van der Waals surface area contributed by atoms with Gasteiger partial charge in [-0.2, -0.15) is 0 Å². The molecular weight excluding hydrogens is 236 g/mol. The summed E-state index contributed by atoms with van der Waals surface area (Å²) in [5.74, 6) is 0. The van der Waals surface area contributed by atoms with E-state index in [0.29, 0.717) is 12.6 Å². The molecule has 2 N–H and O–H groups in total. The lowest BCUT2D eigenvalue weighted by Gasteiger charge is -2.35. The molecule has 1 unspecified atom stereocenters. The Kier molecular flexibility index (Phi) is 4.66. The zero-order chi connectivity index (χ0) is 12.1. The van der Waals surface area contributed by atoms with Crippen molar-refractivity contribution in [2.75, 3.05) is 31.1 Å². The molecule has 0 amide bonds. The van der Waals surface area contributed by atoms with Crippen molar-refractivity contribution in [1.82, 2.24) is 5.32 Å². The van der Waals surface area contributed by atoms with Gasteiger partial charge in [-0.1, -0.05) is 17.7 Å². The monoisotopic (exact) mass is 254 g/mol. The van der Waals surface area contributed by atoms with Gasteiger partial charge in [0.1, 0.15) is 0 Å². The Bertz CT molecular complexity index is 359. The van der Waals surface area contributed by atoms with Crippen LogP contribution in [0.3, 0.4) is 0 Å². The number of anilines is 1. The highest BCUT2D eigenvalue weighted by Crippen LogP contribution is 2.22. The zero-order valence-electron chi connectivity index (χ0n) is 9.90. The van der Waals surface area contributed by atoms with Crippen LogP contribution in [0.15, 0.2) is 24.3 Å². The van der Waals surface area contributed by atoms with Gasteiger partial charge in [0, 0.05) is 36.4 Å². The largest absolute Gasteiger partial charge is 0.395 e. The van der Waals surface area contributed by atoms with Crippen LogP contribution in [0.2, 0.25) is 5.02 Å². The van der Waals surface area contributed by atoms with Crippen molar-refractivity contribution in [1.29, 1.82) is 0 Å². The maximum Gasteiger partial charge on any atom is 0.0556 e. The fourth-order valence-corrected chi connectivity index (χ4v) is 2.50. The molecule has 94 valence electrons. The third-order valence-corrected chi connectivity index (χ3v) is 3.37. The predicted octanol–water partition coefficient (Wildman–Crippen LogP) is 1.89. The summed E-state index contributed by atoms with van der Waals surface area (Å²) < 4.78 is 0. The zero-order valence-corrected chi connectivity index (χ0v) is 10.7. The average Bonchev–Trinajstić information content (AvgIpc) is 2.37. The van der Waals surface area contributed by atoms with Crippen LogP contribution in [0.25, 0.3) is 0 Å². The molecule has 1 heterocycles. The molecule has 1 atom stereocenters. The number of aliphatic hydroxyl groups is 1. The van der Waals surface area contributed by atoms with Gasteiger partial charge in [0.25, 0.3) is 0 Å². The van der Waals surface area contributed by atoms with E-state index in [4.69, 9.17) is 16.7 Å². The van der Waals surface area contributed by atoms with Gasteiger partial charge in [-0.05, 0) is 31.0 Å². The summed E-state index contributed by atoms with van der Waals surface area (Å²) in [6, 6.07) is 8.46. The lowest BCUT2D eigenvalue weighted by atomic mass is 10.0. The molecule has 3 nitrogen and oxygen atoms in total. The van der Waals surface area contributed by atoms with E-state index >= 15 is 0 Å². The summed E-state index contributed by atoms with van der Waals surface area (Å²) in [6.07, 6.45) is 2.35. The van der Waals surface area contributed by atoms with E-state index in [0.717, 1.165) is 18.1 Å². The fraction of sp³-hybridized carbons (Fsp3) is 0.538. The van der Waals surface area contributed by atoms with E-state index in [1.165, 1.54) is 18.5 Å². The van der Waals surface area contributed by atoms with Gasteiger partial charge in [-0.25, -0.2) is 0 Å². The van der Waals surface area contributed by atoms with Crippen LogP contribution < -0.4 is 10.2 Å². The minimum Gasteiger partial charge on any atom is -0.395 e. The number of nitrogens with zero attached hydrogens (tertiary/aromatic N) is 1. The minimum atomic E-state index is 0.202. The molecule has 4 heteroatoms. The molecular formula is C13H19ClN2O. The van der Waals surface area contributed by atoms with E-state index in [2.05, 4.69) is 16.3 Å². The van der Waals surface area contributed by atoms with Gasteiger partial charge in [-0.15, -0.1) is 0 Å². The summed E-state index contributed by atoms with van der Waals surface area (Å²) >= 11 is 6.01. The molecule has 0 radical (unpaired) electrons. The second-order valence-electron chi connectivity index (χ2n) is 4.44. The third-order valence-electron chi connectivity index (χ3n) is 3.14. The Morgan fingerprint density at radius 3 is 3.12 bits per heavy atom. The smallest absolute Gasteiger partial charge is 0.0556 e. The standard InChI is InChI=1S/C13H19ClN2O/c14-11-3-1-5-13(9-11)16-7-2-4-12(10-16)15-6-8-17/h1,3,5,9,12,15,17H,2,4,6-8,10H2. The van der Waals surface area contributed by atoms with E-state index in [1.54, 1.807) is 0 Å². The van der Waals surface area contributed by atoms with Gasteiger partial charge >= 0.3 is 0 Å². The number of halogens is 1. The van der Waals surface area contributed by atoms with Crippen LogP contribution in [0.1, 0.15) is 12.8 Å². The van der Waals surface area contributed by atoms with E-state index < -0.39 is 0 Å². The second-order valence-corrected chi connectivity index (χ2v) is 4.88. The van der Waals surface area contributed by atoms with Gasteiger partial charge < -0.3 is 15.3 Å². The molecule has 0 aliphatic carbocycles. The lowest BCUT2D eigenvalue weighted by molar-refractivity contribution is 0.278. The van der Waals surface area contributed by atoms with Crippen LogP contribution in [0.5, 0.6) is 0 Å². The highest BCUT2D eigenvalue weighted by atomic mass is 35.5. The Labute approximate surface area is 107 Å². The molecule has 1 aromatic rings. The van der Waals surface area contributed by atoms with Crippen molar-refractivity contribution >= 4 is 17.3 Å². The van der Waals surface area contributed by atoms with Crippen LogP contribution in [0, 0.1) is 0 Å². The Hall–Kier alpha value is -0.770. The fourth-order valence-electron chi connectivity index (χ4n) is 2.32. The molecule has 1 aliphatic rings. The van der Waals surface area contributed by atoms with Crippen molar-refractivity contribution in [3.63, 3.8) is 0 Å². The van der Waals surface area contributed by atoms with Crippen molar-refractivity contribution in [2.45, 2.75) is 18.9 Å². The van der Waals surface area contributed by atoms with Crippen LogP contribution in [0.4, 0.5) is 5.69 Å². The van der Waals surface area contributed by atoms with Crippen LogP contribution >= 0.6 is 11.6 Å². The number of piperidine rings is 1. The summed E-state index contributed by atoms with van der Waals surface area (Å²) in [6.45, 7) is 2.94. The first-order valence-corrected chi connectivity index (χ1v) is 6.52. The normalized spacial score (nSPS) is 20.6. The van der Waals surface area contributed by atoms with Crippen LogP contribution in [-0.2, 0) is 0 Å². The van der Waals surface area contributed by atoms with E-state index in [1.807, 2.05) is 18.2 Å². The number of hydrogen-bond acceptors (Lipinski definition) is 3. The van der Waals surface area contributed by atoms with Crippen molar-refractivity contribution < 1.29 is 5.11 Å². The molecule has 0 saturated carbocycles. The highest BCUT2D eigenvalue weighted by molar-refractivity contribution is 6.30. The summed E-state index contributed by atoms with van der Waals surface area (Å²) in [7, 11) is 0. The second kappa shape index (κ2) is 6.24. The lowest BCUT2D eigenvalue weighted by Crippen LogP contribution is -2.46. The van der Waals surface area contributed by atoms with Crippen molar-refractivity contribution in [3.8, 4) is 0 Å². The number of nitrogens with one attached hydrogen (secondary N) is 1. The predicted molar refractivity (Wildman–Crippen MR) is 71.8 cm³/mol. The molecule has 1 aliphatic heterocycles. The minimum absolute atomic E-state index is 0.202. The van der Waals surface area contributed by atoms with Gasteiger partial charge in [0.2, 0.25) is 0 Å². The average molecular weight is 255 g/mol. The third kappa shape index (κ3) is 3.60. The highest BCUT2D eigenvalue weighted by Gasteiger charge is 2.19. The van der Waals surface area contributed by atoms with Gasteiger partial charge in [0.15, 0.2) is 0 Å². The SMILES string of the molecule is OCCNC1CCCN(c2cccc(Cl)c2)C1. The molecule has 1 aromatic carbocycles. The molecule has 1 saturated heterocycles. The molecule has 1 fully saturated rings.